The summed E-state index contributed by atoms with van der Waals surface area (Å²) >= 11 is 2.26. The van der Waals surface area contributed by atoms with Crippen LogP contribution < -0.4 is 10.6 Å². The Bertz CT molecular complexity index is 1750. The largest absolute Gasteiger partial charge is 0.354 e. The van der Waals surface area contributed by atoms with Crippen molar-refractivity contribution in [2.75, 3.05) is 0 Å². The molecule has 272 valence electrons. The van der Waals surface area contributed by atoms with E-state index in [2.05, 4.69) is 101 Å². The maximum Gasteiger partial charge on any atom is 0.129 e. The summed E-state index contributed by atoms with van der Waals surface area (Å²) in [5, 5.41) is 18.1. The van der Waals surface area contributed by atoms with E-state index in [-0.39, 0.29) is 18.2 Å². The van der Waals surface area contributed by atoms with Gasteiger partial charge in [-0.25, -0.2) is 4.99 Å². The van der Waals surface area contributed by atoms with Crippen LogP contribution in [0.1, 0.15) is 103 Å². The van der Waals surface area contributed by atoms with Crippen molar-refractivity contribution in [3.63, 3.8) is 0 Å². The number of nitrogens with one attached hydrogen (secondary N) is 2. The van der Waals surface area contributed by atoms with E-state index < -0.39 is 0 Å². The molecular formula is C47H58N4S. The predicted molar refractivity (Wildman–Crippen MR) is 215 cm³/mol. The van der Waals surface area contributed by atoms with Crippen LogP contribution in [-0.2, 0) is 0 Å². The van der Waals surface area contributed by atoms with Crippen LogP contribution in [0.5, 0.6) is 0 Å². The Morgan fingerprint density at radius 3 is 2.52 bits per heavy atom. The summed E-state index contributed by atoms with van der Waals surface area (Å²) in [7, 11) is 0. The lowest BCUT2D eigenvalue weighted by Crippen LogP contribution is -2.58. The lowest BCUT2D eigenvalue weighted by molar-refractivity contribution is -0.0119. The van der Waals surface area contributed by atoms with Gasteiger partial charge in [0, 0.05) is 11.2 Å². The van der Waals surface area contributed by atoms with E-state index >= 15 is 0 Å². The van der Waals surface area contributed by atoms with Crippen molar-refractivity contribution >= 4 is 17.6 Å². The highest BCUT2D eigenvalue weighted by Gasteiger charge is 2.67. The second kappa shape index (κ2) is 14.1. The van der Waals surface area contributed by atoms with Gasteiger partial charge in [-0.05, 0) is 166 Å². The zero-order chi connectivity index (χ0) is 34.6. The van der Waals surface area contributed by atoms with Gasteiger partial charge in [0.15, 0.2) is 0 Å². The summed E-state index contributed by atoms with van der Waals surface area (Å²) < 4.78 is 0. The Balaban J connectivity index is 0.980. The molecule has 13 unspecified atom stereocenters. The van der Waals surface area contributed by atoms with Crippen LogP contribution >= 0.6 is 11.8 Å². The predicted octanol–water partition coefficient (Wildman–Crippen LogP) is 10.6. The molecule has 13 atom stereocenters. The van der Waals surface area contributed by atoms with Crippen LogP contribution in [0.15, 0.2) is 99.5 Å². The second-order valence-corrected chi connectivity index (χ2v) is 19.1. The van der Waals surface area contributed by atoms with Gasteiger partial charge < -0.3 is 5.32 Å². The van der Waals surface area contributed by atoms with Gasteiger partial charge in [-0.2, -0.15) is 5.26 Å². The van der Waals surface area contributed by atoms with Gasteiger partial charge in [-0.1, -0.05) is 78.5 Å². The molecule has 1 saturated heterocycles. The number of nitrogens with zero attached hydrogens (tertiary/aromatic N) is 2. The van der Waals surface area contributed by atoms with E-state index in [1.165, 1.54) is 81.8 Å². The summed E-state index contributed by atoms with van der Waals surface area (Å²) in [6.07, 6.45) is 50.4. The maximum absolute atomic E-state index is 9.40. The van der Waals surface area contributed by atoms with E-state index in [9.17, 15) is 5.26 Å². The molecule has 0 aromatic rings. The molecule has 10 aliphatic rings. The minimum atomic E-state index is -0.0173. The molecule has 0 amide bonds. The van der Waals surface area contributed by atoms with Crippen molar-refractivity contribution in [2.45, 2.75) is 120 Å². The van der Waals surface area contributed by atoms with Gasteiger partial charge in [0.25, 0.3) is 0 Å². The SMILES string of the molecule is N#CC1CC=C(C2CC=C(C3=NC(C4=CC5C6C=CCCC6C6(C7CCCC=C7SC7C=CCCC76)C5C=C4)NC(C4C=CCCC4)N3)CC2)CC1. The first-order chi connectivity index (χ1) is 25.7. The molecule has 4 nitrogen and oxygen atoms in total. The minimum Gasteiger partial charge on any atom is -0.354 e. The van der Waals surface area contributed by atoms with Crippen LogP contribution in [0.3, 0.4) is 0 Å². The van der Waals surface area contributed by atoms with Gasteiger partial charge in [0.05, 0.1) is 18.2 Å². The summed E-state index contributed by atoms with van der Waals surface area (Å²) in [6.45, 7) is 0. The minimum absolute atomic E-state index is 0.0173. The van der Waals surface area contributed by atoms with Gasteiger partial charge in [-0.3, -0.25) is 5.32 Å². The third-order valence-corrected chi connectivity index (χ3v) is 17.0. The van der Waals surface area contributed by atoms with Crippen LogP contribution in [0, 0.1) is 70.0 Å². The first-order valence-electron chi connectivity index (χ1n) is 21.4. The Hall–Kier alpha value is -2.81. The van der Waals surface area contributed by atoms with Gasteiger partial charge in [0.1, 0.15) is 12.0 Å². The molecule has 2 fully saturated rings. The van der Waals surface area contributed by atoms with E-state index in [1.807, 2.05) is 0 Å². The Morgan fingerprint density at radius 2 is 1.69 bits per heavy atom. The van der Waals surface area contributed by atoms with E-state index in [4.69, 9.17) is 4.99 Å². The third-order valence-electron chi connectivity index (χ3n) is 15.5. The molecule has 2 heterocycles. The van der Waals surface area contributed by atoms with Crippen LogP contribution in [0.2, 0.25) is 0 Å². The molecule has 1 spiro atoms. The number of fused-ring (bicyclic) bond motifs is 9. The molecule has 0 aromatic carbocycles. The van der Waals surface area contributed by atoms with Gasteiger partial charge in [-0.15, -0.1) is 11.8 Å². The molecular weight excluding hydrogens is 653 g/mol. The summed E-state index contributed by atoms with van der Waals surface area (Å²) in [4.78, 5) is 7.33. The molecule has 5 heteroatoms. The zero-order valence-corrected chi connectivity index (χ0v) is 31.8. The summed E-state index contributed by atoms with van der Waals surface area (Å²) in [5.74, 6) is 6.54. The molecule has 52 heavy (non-hydrogen) atoms. The molecule has 2 N–H and O–H groups in total. The van der Waals surface area contributed by atoms with Crippen LogP contribution in [0.4, 0.5) is 0 Å². The topological polar surface area (TPSA) is 60.2 Å². The number of nitriles is 1. The van der Waals surface area contributed by atoms with Gasteiger partial charge >= 0.3 is 0 Å². The number of hydrogen-bond donors (Lipinski definition) is 2. The van der Waals surface area contributed by atoms with Crippen molar-refractivity contribution in [1.29, 1.82) is 5.26 Å². The van der Waals surface area contributed by atoms with E-state index in [0.717, 1.165) is 55.7 Å². The average molecular weight is 711 g/mol. The van der Waals surface area contributed by atoms with Crippen molar-refractivity contribution < 1.29 is 0 Å². The molecule has 8 aliphatic carbocycles. The quantitative estimate of drug-likeness (QED) is 0.285. The molecule has 1 saturated carbocycles. The Kier molecular flexibility index (Phi) is 9.16. The number of thioether (sulfide) groups is 1. The molecule has 0 bridgehead atoms. The normalized spacial score (nSPS) is 44.8. The monoisotopic (exact) mass is 710 g/mol. The summed E-state index contributed by atoms with van der Waals surface area (Å²) in [6, 6.07) is 2.49. The van der Waals surface area contributed by atoms with E-state index in [0.29, 0.717) is 40.3 Å². The van der Waals surface area contributed by atoms with Crippen molar-refractivity contribution in [3.8, 4) is 6.07 Å². The zero-order valence-electron chi connectivity index (χ0n) is 31.0. The van der Waals surface area contributed by atoms with Crippen LogP contribution in [0.25, 0.3) is 0 Å². The van der Waals surface area contributed by atoms with Crippen molar-refractivity contribution in [1.82, 2.24) is 10.6 Å². The van der Waals surface area contributed by atoms with E-state index in [1.54, 1.807) is 10.5 Å². The molecule has 0 aromatic heterocycles. The Labute approximate surface area is 316 Å². The average Bonchev–Trinajstić information content (AvgIpc) is 3.51. The summed E-state index contributed by atoms with van der Waals surface area (Å²) in [5.41, 5.74) is 4.78. The smallest absolute Gasteiger partial charge is 0.129 e. The lowest BCUT2D eigenvalue weighted by atomic mass is 9.50. The molecule has 2 aliphatic heterocycles. The highest BCUT2D eigenvalue weighted by atomic mass is 32.2. The maximum atomic E-state index is 9.40. The first-order valence-corrected chi connectivity index (χ1v) is 22.2. The Morgan fingerprint density at radius 1 is 0.808 bits per heavy atom. The first kappa shape index (κ1) is 33.7. The number of aliphatic imine (C=N–C) groups is 1. The highest BCUT2D eigenvalue weighted by Crippen LogP contribution is 2.73. The third kappa shape index (κ3) is 5.68. The van der Waals surface area contributed by atoms with Crippen LogP contribution in [-0.4, -0.2) is 23.4 Å². The molecule has 0 radical (unpaired) electrons. The highest BCUT2D eigenvalue weighted by molar-refractivity contribution is 8.03. The van der Waals surface area contributed by atoms with Gasteiger partial charge in [0.2, 0.25) is 0 Å². The number of allylic oxidation sites excluding steroid dienone is 11. The van der Waals surface area contributed by atoms with Crippen molar-refractivity contribution in [3.05, 3.63) is 94.5 Å². The number of hydrogen-bond acceptors (Lipinski definition) is 5. The van der Waals surface area contributed by atoms with Crippen molar-refractivity contribution in [2.24, 2.45) is 63.7 Å². The fourth-order valence-corrected chi connectivity index (χ4v) is 14.9. The lowest BCUT2D eigenvalue weighted by Gasteiger charge is -2.59. The fraction of sp³-hybridized carbons (Fsp3) is 0.617. The number of amidine groups is 1. The molecule has 10 rings (SSSR count). The second-order valence-electron chi connectivity index (χ2n) is 17.9. The number of rotatable bonds is 4. The fourth-order valence-electron chi connectivity index (χ4n) is 13.2. The standard InChI is InChI=1S/C47H58N4S/c48-29-30-18-20-31(21-19-30)32-22-24-34(25-23-32)45-49-44(33-10-2-1-3-11-33)50-46(51-45)35-26-27-39-37(28-35)36-12-4-5-13-38(36)47(39)40-14-6-8-16-42(40)52-43-17-9-7-15-41(43)47/h2,4,8,10,12,16-17,20,24,26-28,30,32-33,36-42,44,46,50H,1,3,5-7,9,11,13-15,18-19,21-23,25H2,(H,49,51).